The van der Waals surface area contributed by atoms with Gasteiger partial charge in [0.1, 0.15) is 0 Å². The monoisotopic (exact) mass is 328 g/mol. The lowest BCUT2D eigenvalue weighted by Gasteiger charge is -2.26. The van der Waals surface area contributed by atoms with Crippen molar-refractivity contribution in [1.29, 1.82) is 0 Å². The van der Waals surface area contributed by atoms with Gasteiger partial charge in [-0.2, -0.15) is 0 Å². The number of aromatic nitrogens is 1. The lowest BCUT2D eigenvalue weighted by molar-refractivity contribution is -0.138. The van der Waals surface area contributed by atoms with Crippen molar-refractivity contribution in [2.24, 2.45) is 0 Å². The topological polar surface area (TPSA) is 88.5 Å². The van der Waals surface area contributed by atoms with Crippen molar-refractivity contribution in [2.45, 2.75) is 18.4 Å². The normalized spacial score (nSPS) is 22.2. The Morgan fingerprint density at radius 2 is 2.32 bits per heavy atom. The second-order valence-corrected chi connectivity index (χ2v) is 5.42. The van der Waals surface area contributed by atoms with Crippen LogP contribution in [0.25, 0.3) is 0 Å². The first kappa shape index (κ1) is 14.0. The third-order valence-corrected chi connectivity index (χ3v) is 3.37. The second-order valence-electron chi connectivity index (χ2n) is 4.50. The van der Waals surface area contributed by atoms with Gasteiger partial charge in [0.25, 0.3) is 5.91 Å². The van der Waals surface area contributed by atoms with Crippen LogP contribution in [0.3, 0.4) is 0 Å². The fourth-order valence-corrected chi connectivity index (χ4v) is 2.39. The highest BCUT2D eigenvalue weighted by atomic mass is 79.9. The molecule has 1 aliphatic rings. The van der Waals surface area contributed by atoms with Gasteiger partial charge in [-0.15, -0.1) is 0 Å². The smallest absolute Gasteiger partial charge is 0.305 e. The van der Waals surface area contributed by atoms with E-state index in [1.807, 2.05) is 0 Å². The average molecular weight is 329 g/mol. The van der Waals surface area contributed by atoms with E-state index >= 15 is 0 Å². The number of hydrogen-bond donors (Lipinski definition) is 2. The van der Waals surface area contributed by atoms with Crippen LogP contribution in [-0.4, -0.2) is 40.7 Å². The molecular formula is C12H13BrN2O4. The van der Waals surface area contributed by atoms with Crippen LogP contribution < -0.4 is 5.32 Å². The molecule has 7 heteroatoms. The van der Waals surface area contributed by atoms with Gasteiger partial charge in [0.15, 0.2) is 0 Å². The van der Waals surface area contributed by atoms with Crippen LogP contribution in [0.5, 0.6) is 0 Å². The number of carbonyl (C=O) groups is 2. The number of rotatable bonds is 4. The number of carboxylic acid groups (broad SMARTS) is 1. The molecule has 1 unspecified atom stereocenters. The third kappa shape index (κ3) is 3.51. The summed E-state index contributed by atoms with van der Waals surface area (Å²) in [7, 11) is 0. The number of amides is 1. The Bertz CT molecular complexity index is 500. The summed E-state index contributed by atoms with van der Waals surface area (Å²) in [6.07, 6.45) is 3.35. The molecule has 1 amide bonds. The Balaban J connectivity index is 2.13. The SMILES string of the molecule is O=C(O)CC1(NC(=O)c2cncc(Br)c2)CCOC1. The first-order valence-electron chi connectivity index (χ1n) is 5.73. The molecule has 0 aliphatic carbocycles. The van der Waals surface area contributed by atoms with Gasteiger partial charge in [0, 0.05) is 23.5 Å². The molecule has 1 aromatic rings. The number of carbonyl (C=O) groups excluding carboxylic acids is 1. The van der Waals surface area contributed by atoms with E-state index < -0.39 is 11.5 Å². The fourth-order valence-electron chi connectivity index (χ4n) is 2.03. The van der Waals surface area contributed by atoms with E-state index in [0.29, 0.717) is 23.1 Å². The fraction of sp³-hybridized carbons (Fsp3) is 0.417. The van der Waals surface area contributed by atoms with Crippen LogP contribution in [0.1, 0.15) is 23.2 Å². The highest BCUT2D eigenvalue weighted by Gasteiger charge is 2.38. The number of hydrogen-bond acceptors (Lipinski definition) is 4. The van der Waals surface area contributed by atoms with Crippen LogP contribution in [0.4, 0.5) is 0 Å². The molecule has 1 aliphatic heterocycles. The molecule has 1 aromatic heterocycles. The van der Waals surface area contributed by atoms with E-state index in [4.69, 9.17) is 9.84 Å². The predicted molar refractivity (Wildman–Crippen MR) is 69.8 cm³/mol. The summed E-state index contributed by atoms with van der Waals surface area (Å²) in [5.41, 5.74) is -0.448. The molecule has 1 saturated heterocycles. The molecule has 2 heterocycles. The number of aliphatic carboxylic acids is 1. The van der Waals surface area contributed by atoms with Gasteiger partial charge in [0.05, 0.1) is 24.1 Å². The molecule has 0 saturated carbocycles. The molecule has 2 N–H and O–H groups in total. The summed E-state index contributed by atoms with van der Waals surface area (Å²) in [5, 5.41) is 11.7. The Morgan fingerprint density at radius 3 is 2.89 bits per heavy atom. The van der Waals surface area contributed by atoms with Gasteiger partial charge in [-0.1, -0.05) is 0 Å². The van der Waals surface area contributed by atoms with Crippen molar-refractivity contribution in [3.63, 3.8) is 0 Å². The Morgan fingerprint density at radius 1 is 1.53 bits per heavy atom. The minimum Gasteiger partial charge on any atom is -0.481 e. The summed E-state index contributed by atoms with van der Waals surface area (Å²) in [5.74, 6) is -1.31. The summed E-state index contributed by atoms with van der Waals surface area (Å²) < 4.78 is 5.91. The van der Waals surface area contributed by atoms with E-state index in [-0.39, 0.29) is 18.9 Å². The molecule has 1 fully saturated rings. The zero-order chi connectivity index (χ0) is 13.9. The van der Waals surface area contributed by atoms with Crippen molar-refractivity contribution >= 4 is 27.8 Å². The maximum Gasteiger partial charge on any atom is 0.305 e. The van der Waals surface area contributed by atoms with Crippen LogP contribution >= 0.6 is 15.9 Å². The Labute approximate surface area is 118 Å². The molecule has 0 radical (unpaired) electrons. The first-order chi connectivity index (χ1) is 9.01. The van der Waals surface area contributed by atoms with Crippen LogP contribution in [0.2, 0.25) is 0 Å². The van der Waals surface area contributed by atoms with Gasteiger partial charge in [0.2, 0.25) is 0 Å². The summed E-state index contributed by atoms with van der Waals surface area (Å²) in [6.45, 7) is 0.663. The van der Waals surface area contributed by atoms with Gasteiger partial charge < -0.3 is 15.2 Å². The number of nitrogens with zero attached hydrogens (tertiary/aromatic N) is 1. The minimum absolute atomic E-state index is 0.153. The molecule has 1 atom stereocenters. The van der Waals surface area contributed by atoms with Crippen LogP contribution in [-0.2, 0) is 9.53 Å². The van der Waals surface area contributed by atoms with Crippen molar-refractivity contribution in [3.8, 4) is 0 Å². The van der Waals surface area contributed by atoms with Crippen molar-refractivity contribution in [2.75, 3.05) is 13.2 Å². The Hall–Kier alpha value is -1.47. The van der Waals surface area contributed by atoms with E-state index in [1.54, 1.807) is 12.3 Å². The average Bonchev–Trinajstić information content (AvgIpc) is 2.76. The minimum atomic E-state index is -0.960. The molecule has 2 rings (SSSR count). The molecule has 0 bridgehead atoms. The zero-order valence-corrected chi connectivity index (χ0v) is 11.6. The summed E-state index contributed by atoms with van der Waals surface area (Å²) in [6, 6.07) is 1.63. The van der Waals surface area contributed by atoms with Crippen LogP contribution in [0.15, 0.2) is 22.9 Å². The third-order valence-electron chi connectivity index (χ3n) is 2.94. The number of carboxylic acids is 1. The van der Waals surface area contributed by atoms with E-state index in [0.717, 1.165) is 0 Å². The maximum absolute atomic E-state index is 12.1. The summed E-state index contributed by atoms with van der Waals surface area (Å²) >= 11 is 3.24. The molecular weight excluding hydrogens is 316 g/mol. The lowest BCUT2D eigenvalue weighted by Crippen LogP contribution is -2.50. The quantitative estimate of drug-likeness (QED) is 0.867. The van der Waals surface area contributed by atoms with Gasteiger partial charge in [-0.25, -0.2) is 0 Å². The highest BCUT2D eigenvalue weighted by Crippen LogP contribution is 2.23. The maximum atomic E-state index is 12.1. The van der Waals surface area contributed by atoms with Gasteiger partial charge >= 0.3 is 5.97 Å². The van der Waals surface area contributed by atoms with Crippen LogP contribution in [0, 0.1) is 0 Å². The van der Waals surface area contributed by atoms with E-state index in [1.165, 1.54) is 6.20 Å². The molecule has 6 nitrogen and oxygen atoms in total. The van der Waals surface area contributed by atoms with E-state index in [9.17, 15) is 9.59 Å². The van der Waals surface area contributed by atoms with Crippen molar-refractivity contribution in [1.82, 2.24) is 10.3 Å². The number of ether oxygens (including phenoxy) is 1. The Kier molecular flexibility index (Phi) is 4.16. The molecule has 19 heavy (non-hydrogen) atoms. The molecule has 0 aromatic carbocycles. The second kappa shape index (κ2) is 5.66. The van der Waals surface area contributed by atoms with Gasteiger partial charge in [-0.05, 0) is 28.4 Å². The van der Waals surface area contributed by atoms with Crippen molar-refractivity contribution < 1.29 is 19.4 Å². The summed E-state index contributed by atoms with van der Waals surface area (Å²) in [4.78, 5) is 26.9. The zero-order valence-electron chi connectivity index (χ0n) is 10.1. The predicted octanol–water partition coefficient (Wildman–Crippen LogP) is 1.21. The number of nitrogens with one attached hydrogen (secondary N) is 1. The first-order valence-corrected chi connectivity index (χ1v) is 6.53. The highest BCUT2D eigenvalue weighted by molar-refractivity contribution is 9.10. The largest absolute Gasteiger partial charge is 0.481 e. The van der Waals surface area contributed by atoms with Gasteiger partial charge in [-0.3, -0.25) is 14.6 Å². The molecule has 102 valence electrons. The number of halogens is 1. The van der Waals surface area contributed by atoms with Crippen molar-refractivity contribution in [3.05, 3.63) is 28.5 Å². The lowest BCUT2D eigenvalue weighted by atomic mass is 9.94. The standard InChI is InChI=1S/C12H13BrN2O4/c13-9-3-8(5-14-6-9)11(18)15-12(4-10(16)17)1-2-19-7-12/h3,5-6H,1-2,4,7H2,(H,15,18)(H,16,17). The molecule has 0 spiro atoms. The number of pyridine rings is 1. The van der Waals surface area contributed by atoms with E-state index in [2.05, 4.69) is 26.2 Å².